The van der Waals surface area contributed by atoms with Crippen molar-refractivity contribution < 1.29 is 28.6 Å². The summed E-state index contributed by atoms with van der Waals surface area (Å²) in [5.74, 6) is -0.873. The molecule has 6 heteroatoms. The Morgan fingerprint density at radius 3 is 0.817 bits per heavy atom. The maximum absolute atomic E-state index is 12.9. The van der Waals surface area contributed by atoms with Crippen molar-refractivity contribution in [3.63, 3.8) is 0 Å². The first kappa shape index (κ1) is 68.4. The Hall–Kier alpha value is -2.63. The number of esters is 3. The number of carbonyl (C=O) groups is 3. The zero-order valence-electron chi connectivity index (χ0n) is 47.5. The third-order valence-electron chi connectivity index (χ3n) is 13.8. The SMILES string of the molecule is CCCCC/C=C\C/C=C\CCCCCCCCCC(=O)OC[C@H](COC(=O)CCCCCCCCCCC/C=C\CCCCCCCC)OC(=O)CCCCCCCCC/C=C\CCCCCCCC. The molecule has 0 fully saturated rings. The van der Waals surface area contributed by atoms with Crippen LogP contribution in [0.2, 0.25) is 0 Å². The summed E-state index contributed by atoms with van der Waals surface area (Å²) in [6, 6.07) is 0. The number of hydrogen-bond donors (Lipinski definition) is 0. The maximum atomic E-state index is 12.9. The van der Waals surface area contributed by atoms with Gasteiger partial charge in [0.15, 0.2) is 6.10 Å². The molecule has 0 spiro atoms. The van der Waals surface area contributed by atoms with Crippen LogP contribution < -0.4 is 0 Å². The van der Waals surface area contributed by atoms with E-state index in [9.17, 15) is 14.4 Å². The van der Waals surface area contributed by atoms with Gasteiger partial charge in [0.05, 0.1) is 0 Å². The van der Waals surface area contributed by atoms with E-state index in [1.165, 1.54) is 218 Å². The summed E-state index contributed by atoms with van der Waals surface area (Å²) >= 11 is 0. The first-order chi connectivity index (χ1) is 35.0. The van der Waals surface area contributed by atoms with E-state index in [1.807, 2.05) is 0 Å². The first-order valence-electron chi connectivity index (χ1n) is 31.1. The normalized spacial score (nSPS) is 12.3. The van der Waals surface area contributed by atoms with Crippen LogP contribution in [0, 0.1) is 0 Å². The van der Waals surface area contributed by atoms with Crippen molar-refractivity contribution in [1.82, 2.24) is 0 Å². The molecule has 71 heavy (non-hydrogen) atoms. The van der Waals surface area contributed by atoms with E-state index >= 15 is 0 Å². The largest absolute Gasteiger partial charge is 0.462 e. The Morgan fingerprint density at radius 1 is 0.282 bits per heavy atom. The molecule has 6 nitrogen and oxygen atoms in total. The zero-order valence-corrected chi connectivity index (χ0v) is 47.5. The van der Waals surface area contributed by atoms with Gasteiger partial charge in [0, 0.05) is 19.3 Å². The van der Waals surface area contributed by atoms with Gasteiger partial charge in [-0.2, -0.15) is 0 Å². The number of rotatable bonds is 57. The van der Waals surface area contributed by atoms with Crippen LogP contribution in [0.1, 0.15) is 329 Å². The van der Waals surface area contributed by atoms with Gasteiger partial charge in [-0.05, 0) is 103 Å². The van der Waals surface area contributed by atoms with E-state index in [0.29, 0.717) is 19.3 Å². The topological polar surface area (TPSA) is 78.9 Å². The second-order valence-corrected chi connectivity index (χ2v) is 21.0. The summed E-state index contributed by atoms with van der Waals surface area (Å²) in [5.41, 5.74) is 0. The number of hydrogen-bond acceptors (Lipinski definition) is 6. The van der Waals surface area contributed by atoms with Crippen molar-refractivity contribution in [2.45, 2.75) is 335 Å². The Morgan fingerprint density at radius 2 is 0.507 bits per heavy atom. The molecule has 414 valence electrons. The van der Waals surface area contributed by atoms with Crippen LogP contribution in [0.3, 0.4) is 0 Å². The van der Waals surface area contributed by atoms with Crippen LogP contribution in [0.4, 0.5) is 0 Å². The average Bonchev–Trinajstić information content (AvgIpc) is 3.37. The smallest absolute Gasteiger partial charge is 0.306 e. The van der Waals surface area contributed by atoms with Gasteiger partial charge in [-0.1, -0.05) is 256 Å². The van der Waals surface area contributed by atoms with Crippen LogP contribution in [-0.2, 0) is 28.6 Å². The molecule has 0 aliphatic rings. The molecule has 0 rings (SSSR count). The summed E-state index contributed by atoms with van der Waals surface area (Å²) in [4.78, 5) is 38.3. The van der Waals surface area contributed by atoms with E-state index in [-0.39, 0.29) is 31.1 Å². The van der Waals surface area contributed by atoms with E-state index in [4.69, 9.17) is 14.2 Å². The van der Waals surface area contributed by atoms with Gasteiger partial charge in [0.2, 0.25) is 0 Å². The predicted octanol–water partition coefficient (Wildman–Crippen LogP) is 21.0. The molecule has 0 amide bonds. The second-order valence-electron chi connectivity index (χ2n) is 21.0. The van der Waals surface area contributed by atoms with Crippen LogP contribution in [0.5, 0.6) is 0 Å². The Balaban J connectivity index is 4.37. The number of ether oxygens (including phenoxy) is 3. The number of unbranched alkanes of at least 4 members (excludes halogenated alkanes) is 38. The minimum absolute atomic E-state index is 0.0764. The van der Waals surface area contributed by atoms with Crippen molar-refractivity contribution in [2.24, 2.45) is 0 Å². The van der Waals surface area contributed by atoms with E-state index in [1.54, 1.807) is 0 Å². The van der Waals surface area contributed by atoms with Crippen molar-refractivity contribution >= 4 is 17.9 Å². The molecule has 0 saturated carbocycles. The summed E-state index contributed by atoms with van der Waals surface area (Å²) in [6.07, 6.45) is 73.9. The summed E-state index contributed by atoms with van der Waals surface area (Å²) < 4.78 is 16.9. The molecular formula is C65H118O6. The van der Waals surface area contributed by atoms with Crippen molar-refractivity contribution in [1.29, 1.82) is 0 Å². The Kier molecular flexibility index (Phi) is 57.7. The Labute approximate surface area is 441 Å². The number of carbonyl (C=O) groups excluding carboxylic acids is 3. The lowest BCUT2D eigenvalue weighted by Gasteiger charge is -2.18. The molecule has 0 aliphatic carbocycles. The molecule has 0 heterocycles. The molecule has 0 aliphatic heterocycles. The fourth-order valence-electron chi connectivity index (χ4n) is 9.05. The molecule has 1 atom stereocenters. The minimum atomic E-state index is -0.779. The van der Waals surface area contributed by atoms with Crippen molar-refractivity contribution in [3.05, 3.63) is 48.6 Å². The fourth-order valence-corrected chi connectivity index (χ4v) is 9.05. The van der Waals surface area contributed by atoms with Crippen LogP contribution >= 0.6 is 0 Å². The fraction of sp³-hybridized carbons (Fsp3) is 0.831. The summed E-state index contributed by atoms with van der Waals surface area (Å²) in [5, 5.41) is 0. The molecular weight excluding hydrogens is 877 g/mol. The molecule has 0 aromatic rings. The molecule has 0 aromatic heterocycles. The van der Waals surface area contributed by atoms with E-state index in [0.717, 1.165) is 70.6 Å². The lowest BCUT2D eigenvalue weighted by molar-refractivity contribution is -0.167. The highest BCUT2D eigenvalue weighted by Crippen LogP contribution is 2.16. The van der Waals surface area contributed by atoms with Gasteiger partial charge in [-0.25, -0.2) is 0 Å². The predicted molar refractivity (Wildman–Crippen MR) is 307 cm³/mol. The highest BCUT2D eigenvalue weighted by atomic mass is 16.6. The van der Waals surface area contributed by atoms with E-state index < -0.39 is 6.10 Å². The highest BCUT2D eigenvalue weighted by molar-refractivity contribution is 5.71. The highest BCUT2D eigenvalue weighted by Gasteiger charge is 2.19. The molecule has 0 aromatic carbocycles. The average molecular weight is 996 g/mol. The van der Waals surface area contributed by atoms with Gasteiger partial charge in [-0.3, -0.25) is 14.4 Å². The van der Waals surface area contributed by atoms with Gasteiger partial charge in [0.25, 0.3) is 0 Å². The third-order valence-corrected chi connectivity index (χ3v) is 13.8. The van der Waals surface area contributed by atoms with Crippen molar-refractivity contribution in [3.8, 4) is 0 Å². The summed E-state index contributed by atoms with van der Waals surface area (Å²) in [7, 11) is 0. The van der Waals surface area contributed by atoms with Crippen LogP contribution in [0.25, 0.3) is 0 Å². The zero-order chi connectivity index (χ0) is 51.4. The quantitative estimate of drug-likeness (QED) is 0.0261. The molecule has 0 unspecified atom stereocenters. The molecule has 0 saturated heterocycles. The molecule has 0 bridgehead atoms. The van der Waals surface area contributed by atoms with Gasteiger partial charge in [0.1, 0.15) is 13.2 Å². The van der Waals surface area contributed by atoms with Crippen LogP contribution in [-0.4, -0.2) is 37.2 Å². The molecule has 0 N–H and O–H groups in total. The maximum Gasteiger partial charge on any atom is 0.306 e. The van der Waals surface area contributed by atoms with Gasteiger partial charge >= 0.3 is 17.9 Å². The lowest BCUT2D eigenvalue weighted by Crippen LogP contribution is -2.30. The standard InChI is InChI=1S/C65H118O6/c1-4-7-10-13-16-19-22-25-28-31-32-35-37-40-43-46-49-52-55-58-64(67)70-61-62(71-65(68)59-56-53-50-47-44-41-38-34-30-27-24-21-18-15-12-9-6-3)60-69-63(66)57-54-51-48-45-42-39-36-33-29-26-23-20-17-14-11-8-5-2/h17,20,25-30,62H,4-16,18-19,21-24,31-61H2,1-3H3/b20-17-,28-25-,29-26-,30-27-/t62-/m1/s1. The Bertz CT molecular complexity index is 1230. The lowest BCUT2D eigenvalue weighted by atomic mass is 10.1. The minimum Gasteiger partial charge on any atom is -0.462 e. The number of allylic oxidation sites excluding steroid dienone is 8. The van der Waals surface area contributed by atoms with Gasteiger partial charge in [-0.15, -0.1) is 0 Å². The monoisotopic (exact) mass is 995 g/mol. The van der Waals surface area contributed by atoms with Crippen molar-refractivity contribution in [2.75, 3.05) is 13.2 Å². The summed E-state index contributed by atoms with van der Waals surface area (Å²) in [6.45, 7) is 6.64. The first-order valence-corrected chi connectivity index (χ1v) is 31.1. The molecule has 0 radical (unpaired) electrons. The second kappa shape index (κ2) is 59.9. The van der Waals surface area contributed by atoms with E-state index in [2.05, 4.69) is 69.4 Å². The van der Waals surface area contributed by atoms with Gasteiger partial charge < -0.3 is 14.2 Å². The van der Waals surface area contributed by atoms with Crippen LogP contribution in [0.15, 0.2) is 48.6 Å². The third kappa shape index (κ3) is 58.1.